The van der Waals surface area contributed by atoms with E-state index in [1.165, 1.54) is 25.4 Å². The number of esters is 1. The number of carbonyl (C=O) groups is 1. The number of nitro groups is 1. The van der Waals surface area contributed by atoms with Gasteiger partial charge in [-0.25, -0.2) is 4.79 Å². The maximum atomic E-state index is 11.4. The third-order valence-corrected chi connectivity index (χ3v) is 2.30. The van der Waals surface area contributed by atoms with Crippen LogP contribution in [0, 0.1) is 10.1 Å². The second kappa shape index (κ2) is 3.65. The van der Waals surface area contributed by atoms with E-state index in [-0.39, 0.29) is 5.69 Å². The van der Waals surface area contributed by atoms with Crippen LogP contribution >= 0.6 is 0 Å². The van der Waals surface area contributed by atoms with Gasteiger partial charge in [0.1, 0.15) is 5.52 Å². The largest absolute Gasteiger partial charge is 0.465 e. The quantitative estimate of drug-likeness (QED) is 0.475. The Morgan fingerprint density at radius 3 is 2.88 bits per heavy atom. The van der Waals surface area contributed by atoms with Crippen molar-refractivity contribution in [2.45, 2.75) is 0 Å². The number of nitro benzene ring substituents is 1. The van der Waals surface area contributed by atoms with Gasteiger partial charge in [0.25, 0.3) is 5.69 Å². The summed E-state index contributed by atoms with van der Waals surface area (Å²) in [5.41, 5.74) is 0.557. The van der Waals surface area contributed by atoms with Gasteiger partial charge in [-0.15, -0.1) is 0 Å². The number of carbonyl (C=O) groups excluding carboxylic acids is 1. The lowest BCUT2D eigenvalue weighted by Crippen LogP contribution is -1.99. The number of hydrogen-bond donors (Lipinski definition) is 1. The number of nitrogens with one attached hydrogen (secondary N) is 1. The van der Waals surface area contributed by atoms with Gasteiger partial charge >= 0.3 is 5.97 Å². The van der Waals surface area contributed by atoms with Gasteiger partial charge in [0.15, 0.2) is 0 Å². The highest BCUT2D eigenvalue weighted by molar-refractivity contribution is 6.06. The number of aromatic nitrogens is 1. The average Bonchev–Trinajstić information content (AvgIpc) is 2.71. The smallest absolute Gasteiger partial charge is 0.340 e. The molecule has 2 rings (SSSR count). The van der Waals surface area contributed by atoms with E-state index in [4.69, 9.17) is 0 Å². The van der Waals surface area contributed by atoms with Gasteiger partial charge in [0.05, 0.1) is 17.6 Å². The van der Waals surface area contributed by atoms with Gasteiger partial charge in [-0.2, -0.15) is 0 Å². The van der Waals surface area contributed by atoms with Crippen LogP contribution < -0.4 is 0 Å². The van der Waals surface area contributed by atoms with Crippen molar-refractivity contribution in [3.63, 3.8) is 0 Å². The van der Waals surface area contributed by atoms with Crippen molar-refractivity contribution in [1.29, 1.82) is 0 Å². The van der Waals surface area contributed by atoms with Crippen molar-refractivity contribution in [2.75, 3.05) is 7.11 Å². The van der Waals surface area contributed by atoms with Gasteiger partial charge in [-0.05, 0) is 0 Å². The Bertz CT molecular complexity index is 573. The molecule has 0 radical (unpaired) electrons. The summed E-state index contributed by atoms with van der Waals surface area (Å²) < 4.78 is 4.57. The highest BCUT2D eigenvalue weighted by Gasteiger charge is 2.18. The fourth-order valence-corrected chi connectivity index (χ4v) is 1.57. The highest BCUT2D eigenvalue weighted by Crippen LogP contribution is 2.27. The summed E-state index contributed by atoms with van der Waals surface area (Å²) in [5, 5.41) is 11.2. The fraction of sp³-hybridized carbons (Fsp3) is 0.100. The minimum absolute atomic E-state index is 0.0624. The van der Waals surface area contributed by atoms with E-state index in [0.717, 1.165) is 0 Å². The van der Waals surface area contributed by atoms with Crippen molar-refractivity contribution in [3.8, 4) is 0 Å². The molecule has 1 heterocycles. The first-order valence-corrected chi connectivity index (χ1v) is 4.48. The lowest BCUT2D eigenvalue weighted by molar-refractivity contribution is -0.383. The molecule has 6 nitrogen and oxygen atoms in total. The van der Waals surface area contributed by atoms with Crippen molar-refractivity contribution in [1.82, 2.24) is 4.98 Å². The van der Waals surface area contributed by atoms with Crippen LogP contribution in [0.15, 0.2) is 24.4 Å². The molecule has 1 N–H and O–H groups in total. The van der Waals surface area contributed by atoms with E-state index in [2.05, 4.69) is 9.72 Å². The molecule has 0 fully saturated rings. The van der Waals surface area contributed by atoms with Crippen LogP contribution in [-0.4, -0.2) is 23.0 Å². The van der Waals surface area contributed by atoms with Gasteiger partial charge in [0, 0.05) is 17.6 Å². The minimum Gasteiger partial charge on any atom is -0.465 e. The van der Waals surface area contributed by atoms with Crippen LogP contribution in [-0.2, 0) is 4.74 Å². The predicted octanol–water partition coefficient (Wildman–Crippen LogP) is 1.86. The maximum absolute atomic E-state index is 11.4. The van der Waals surface area contributed by atoms with Crippen molar-refractivity contribution in [3.05, 3.63) is 40.1 Å². The normalized spacial score (nSPS) is 10.3. The average molecular weight is 220 g/mol. The number of H-pyrrole nitrogens is 1. The summed E-state index contributed by atoms with van der Waals surface area (Å²) in [5.74, 6) is -0.522. The Morgan fingerprint density at radius 2 is 2.25 bits per heavy atom. The topological polar surface area (TPSA) is 85.2 Å². The fourth-order valence-electron chi connectivity index (χ4n) is 1.57. The van der Waals surface area contributed by atoms with E-state index in [0.29, 0.717) is 16.5 Å². The number of ether oxygens (including phenoxy) is 1. The molecule has 1 aromatic heterocycles. The van der Waals surface area contributed by atoms with Crippen molar-refractivity contribution >= 4 is 22.6 Å². The monoisotopic (exact) mass is 220 g/mol. The predicted molar refractivity (Wildman–Crippen MR) is 56.3 cm³/mol. The van der Waals surface area contributed by atoms with Crippen LogP contribution in [0.1, 0.15) is 10.4 Å². The Balaban J connectivity index is 2.71. The molecular weight excluding hydrogens is 212 g/mol. The molecule has 16 heavy (non-hydrogen) atoms. The van der Waals surface area contributed by atoms with Crippen LogP contribution in [0.2, 0.25) is 0 Å². The molecule has 2 aromatic rings. The Labute approximate surface area is 90.0 Å². The summed E-state index contributed by atoms with van der Waals surface area (Å²) in [4.78, 5) is 24.3. The zero-order valence-corrected chi connectivity index (χ0v) is 8.39. The number of aromatic amines is 1. The molecule has 0 bridgehead atoms. The number of para-hydroxylation sites is 1. The zero-order valence-electron chi connectivity index (χ0n) is 8.39. The molecule has 0 unspecified atom stereocenters. The van der Waals surface area contributed by atoms with Gasteiger partial charge in [-0.3, -0.25) is 10.1 Å². The van der Waals surface area contributed by atoms with Gasteiger partial charge in [-0.1, -0.05) is 12.1 Å². The van der Waals surface area contributed by atoms with E-state index in [1.807, 2.05) is 0 Å². The second-order valence-corrected chi connectivity index (χ2v) is 3.15. The molecule has 0 spiro atoms. The molecule has 0 atom stereocenters. The molecular formula is C10H8N2O4. The molecule has 0 saturated heterocycles. The first kappa shape index (κ1) is 10.2. The van der Waals surface area contributed by atoms with Crippen LogP contribution in [0.4, 0.5) is 5.69 Å². The van der Waals surface area contributed by atoms with E-state index >= 15 is 0 Å². The number of methoxy groups -OCH3 is 1. The lowest BCUT2D eigenvalue weighted by Gasteiger charge is -1.96. The molecule has 0 aliphatic carbocycles. The molecule has 0 saturated carbocycles. The molecule has 0 aliphatic rings. The van der Waals surface area contributed by atoms with Crippen molar-refractivity contribution < 1.29 is 14.5 Å². The third kappa shape index (κ3) is 1.40. The molecule has 82 valence electrons. The van der Waals surface area contributed by atoms with E-state index < -0.39 is 10.9 Å². The summed E-state index contributed by atoms with van der Waals surface area (Å²) in [7, 11) is 1.26. The number of hydrogen-bond acceptors (Lipinski definition) is 4. The number of fused-ring (bicyclic) bond motifs is 1. The van der Waals surface area contributed by atoms with Gasteiger partial charge in [0.2, 0.25) is 0 Å². The standard InChI is InChI=1S/C10H8N2O4/c1-16-10(13)7-5-11-9-6(7)3-2-4-8(9)12(14)15/h2-5,11H,1H3. The molecule has 0 amide bonds. The molecule has 0 aliphatic heterocycles. The van der Waals surface area contributed by atoms with Crippen LogP contribution in [0.25, 0.3) is 10.9 Å². The highest BCUT2D eigenvalue weighted by atomic mass is 16.6. The summed E-state index contributed by atoms with van der Waals surface area (Å²) in [6.45, 7) is 0. The van der Waals surface area contributed by atoms with Crippen LogP contribution in [0.5, 0.6) is 0 Å². The number of nitrogens with zero attached hydrogens (tertiary/aromatic N) is 1. The Hall–Kier alpha value is -2.37. The van der Waals surface area contributed by atoms with Crippen molar-refractivity contribution in [2.24, 2.45) is 0 Å². The second-order valence-electron chi connectivity index (χ2n) is 3.15. The maximum Gasteiger partial charge on any atom is 0.340 e. The Kier molecular flexibility index (Phi) is 2.32. The van der Waals surface area contributed by atoms with Crippen LogP contribution in [0.3, 0.4) is 0 Å². The summed E-state index contributed by atoms with van der Waals surface area (Å²) in [6, 6.07) is 4.53. The lowest BCUT2D eigenvalue weighted by atomic mass is 10.1. The molecule has 6 heteroatoms. The third-order valence-electron chi connectivity index (χ3n) is 2.30. The first-order valence-electron chi connectivity index (χ1n) is 4.48. The number of rotatable bonds is 2. The SMILES string of the molecule is COC(=O)c1c[nH]c2c([N+](=O)[O-])cccc12. The summed E-state index contributed by atoms with van der Waals surface area (Å²) >= 11 is 0. The minimum atomic E-state index is -0.522. The number of non-ortho nitro benzene ring substituents is 1. The van der Waals surface area contributed by atoms with Gasteiger partial charge < -0.3 is 9.72 Å². The summed E-state index contributed by atoms with van der Waals surface area (Å²) in [6.07, 6.45) is 1.41. The Morgan fingerprint density at radius 1 is 1.50 bits per heavy atom. The molecule has 1 aromatic carbocycles. The first-order chi connectivity index (χ1) is 7.65. The van der Waals surface area contributed by atoms with E-state index in [1.54, 1.807) is 6.07 Å². The van der Waals surface area contributed by atoms with E-state index in [9.17, 15) is 14.9 Å². The zero-order chi connectivity index (χ0) is 11.7. The number of benzene rings is 1.